The predicted molar refractivity (Wildman–Crippen MR) is 515 cm³/mol. The van der Waals surface area contributed by atoms with Crippen LogP contribution in [0.15, 0.2) is 267 Å². The Labute approximate surface area is 757 Å². The van der Waals surface area contributed by atoms with Crippen molar-refractivity contribution in [3.8, 4) is 0 Å². The van der Waals surface area contributed by atoms with Crippen LogP contribution in [0.4, 0.5) is 115 Å². The molecule has 8 heterocycles. The topological polar surface area (TPSA) is 418 Å². The van der Waals surface area contributed by atoms with Crippen LogP contribution in [0.1, 0.15) is 165 Å². The summed E-state index contributed by atoms with van der Waals surface area (Å²) in [7, 11) is 0. The van der Waals surface area contributed by atoms with Crippen LogP contribution in [-0.2, 0) is 24.1 Å². The van der Waals surface area contributed by atoms with E-state index in [1.54, 1.807) is 55.1 Å². The Morgan fingerprint density at radius 2 is 0.611 bits per heavy atom. The fraction of sp³-hybridized carbons (Fsp3) is 0.200. The quantitative estimate of drug-likeness (QED) is 0.0179. The number of amides is 3. The van der Waals surface area contributed by atoms with Crippen LogP contribution >= 0.6 is 0 Å². The number of aromatic nitrogens is 16. The van der Waals surface area contributed by atoms with Crippen LogP contribution in [0, 0.1) is 27.7 Å². The van der Waals surface area contributed by atoms with Gasteiger partial charge in [-0.2, -0.15) is 40.3 Å². The molecule has 0 unspecified atom stereocenters. The molecule has 8 aromatic heterocycles. The summed E-state index contributed by atoms with van der Waals surface area (Å²) in [6, 6.07) is 76.2. The number of anilines is 19. The summed E-state index contributed by atoms with van der Waals surface area (Å²) in [5.41, 5.74) is 18.7. The van der Waals surface area contributed by atoms with Gasteiger partial charge in [0.05, 0.1) is 0 Å². The number of carbonyl (C=O) groups excluding carboxylic acids is 4. The largest absolute Gasteiger partial charge is 0.324 e. The second kappa shape index (κ2) is 41.7. The van der Waals surface area contributed by atoms with Gasteiger partial charge in [0.2, 0.25) is 23.8 Å². The molecule has 0 radical (unpaired) electrons. The molecule has 16 aromatic rings. The normalized spacial score (nSPS) is 12.8. The maximum absolute atomic E-state index is 12.5. The number of ketones is 2. The van der Waals surface area contributed by atoms with Crippen molar-refractivity contribution in [1.29, 1.82) is 0 Å². The van der Waals surface area contributed by atoms with Gasteiger partial charge in [-0.1, -0.05) is 127 Å². The third-order valence-electron chi connectivity index (χ3n) is 21.4. The first-order valence-electron chi connectivity index (χ1n) is 43.2. The number of urea groups is 1. The zero-order valence-corrected chi connectivity index (χ0v) is 72.0. The second-order valence-electron chi connectivity index (χ2n) is 32.7. The monoisotopic (exact) mass is 1740 g/mol. The summed E-state index contributed by atoms with van der Waals surface area (Å²) in [5, 5.41) is 63.7. The molecule has 3 amide bonds. The van der Waals surface area contributed by atoms with E-state index in [9.17, 15) is 19.2 Å². The van der Waals surface area contributed by atoms with Crippen LogP contribution in [0.5, 0.6) is 0 Å². The minimum absolute atomic E-state index is 0. The number of benzene rings is 8. The van der Waals surface area contributed by atoms with E-state index in [2.05, 4.69) is 145 Å². The number of Topliss-reactive ketones (excluding diaryl/α,β-unsaturated/α-hetero) is 2. The third kappa shape index (κ3) is 26.3. The van der Waals surface area contributed by atoms with E-state index in [1.165, 1.54) is 68.3 Å². The molecule has 31 nitrogen and oxygen atoms in total. The highest BCUT2D eigenvalue weighted by Gasteiger charge is 2.29. The van der Waals surface area contributed by atoms with Crippen molar-refractivity contribution in [3.05, 3.63) is 340 Å². The first-order valence-corrected chi connectivity index (χ1v) is 43.2. The molecule has 8 aromatic carbocycles. The van der Waals surface area contributed by atoms with Gasteiger partial charge in [0.25, 0.3) is 5.91 Å². The van der Waals surface area contributed by atoms with Gasteiger partial charge in [0.15, 0.2) is 29.1 Å². The minimum Gasteiger partial charge on any atom is -0.324 e. The lowest BCUT2D eigenvalue weighted by atomic mass is 10.0. The summed E-state index contributed by atoms with van der Waals surface area (Å²) in [4.78, 5) is 85.0. The summed E-state index contributed by atoms with van der Waals surface area (Å²) < 4.78 is 0. The zero-order valence-electron chi connectivity index (χ0n) is 72.0. The highest BCUT2D eigenvalue weighted by molar-refractivity contribution is 6.05. The molecule has 4 aliphatic rings. The number of H-pyrrole nitrogens is 4. The van der Waals surface area contributed by atoms with Gasteiger partial charge in [0.1, 0.15) is 29.1 Å². The lowest BCUT2D eigenvalue weighted by molar-refractivity contribution is -0.117. The molecule has 0 spiro atoms. The molecule has 0 saturated heterocycles. The van der Waals surface area contributed by atoms with Crippen LogP contribution in [0.2, 0.25) is 0 Å². The average Bonchev–Trinajstić information content (AvgIpc) is 1.74. The number of hydrogen-bond acceptors (Lipinski definition) is 24. The number of hydrogen-bond donors (Lipinski definition) is 15. The van der Waals surface area contributed by atoms with Crippen LogP contribution in [0.3, 0.4) is 0 Å². The van der Waals surface area contributed by atoms with Gasteiger partial charge < -0.3 is 58.5 Å². The Hall–Kier alpha value is -16.6. The van der Waals surface area contributed by atoms with Gasteiger partial charge >= 0.3 is 6.03 Å². The minimum atomic E-state index is -0.315. The van der Waals surface area contributed by atoms with E-state index in [1.807, 2.05) is 234 Å². The molecule has 4 saturated carbocycles. The van der Waals surface area contributed by atoms with Crippen molar-refractivity contribution in [1.82, 2.24) is 80.7 Å². The van der Waals surface area contributed by atoms with E-state index in [0.717, 1.165) is 102 Å². The number of rotatable bonds is 31. The number of aryl methyl sites for hydroxylation is 4. The SMILES string of the molecule is C.Cc1cccc(C(=O)Cc2ccc(Nc3nccc(Nc4cc(C5CC5)[nH]n4)n3)cc2)c1.Cc1cccc(C(=O)Nc2cccc(Nc3nccc(Nc4cc(C5CC5)[nH]n4)n3)c2)c1.Cc1cccc(CC(=O)Cc2ccc(Nc3nccc(Nc4cc(C5CC5)[nH]n4)n3)cc2)c1.Cc1cccc(NC(=O)Nc2cccc(Nc3nccc(Nc4cc(C5CC5)[nH]n4)n3)c2)c1. The van der Waals surface area contributed by atoms with E-state index >= 15 is 0 Å². The molecule has 20 rings (SSSR count). The number of nitrogens with one attached hydrogen (secondary N) is 15. The standard InChI is InChI=1S/C26H26N6O.C25H24N6O.C24H24N8O.C24H23N7O.CH4/c1-17-3-2-4-19(13-17)15-22(33)14-18-5-9-21(10-6-18)28-26-27-12-11-24(30-26)29-25-16-23(31-32-25)20-7-8-20;1-16-3-2-4-19(13-16)22(32)14-17-5-9-20(10-6-17)27-25-26-12-11-23(29-25)28-24-15-21(30-31-24)18-7-8-18;1-15-4-2-5-17(12-15)27-24(33)28-19-7-3-6-18(13-19)26-23-25-11-10-21(30-23)29-22-14-20(31-32-22)16-8-9-16;1-15-4-2-5-17(12-15)23(32)26-18-6-3-7-19(13-18)27-24-25-11-10-21(29-24)28-22-14-20(30-31-22)16-8-9-16;/h2-6,9-13,16,20H,7-8,14-15H2,1H3,(H3,27,28,29,30,31,32);2-6,9-13,15,18H,7-8,14H2,1H3,(H3,26,27,28,29,30,31);2-7,10-14,16H,8-9H2,1H3,(H2,27,28,33)(H3,25,26,29,30,31,32);2-7,10-14,16H,8-9H2,1H3,(H,26,32)(H3,25,27,28,29,30,31);1H4. The van der Waals surface area contributed by atoms with Crippen LogP contribution < -0.4 is 58.5 Å². The van der Waals surface area contributed by atoms with Crippen molar-refractivity contribution >= 4 is 134 Å². The Kier molecular flexibility index (Phi) is 28.0. The summed E-state index contributed by atoms with van der Waals surface area (Å²) in [6.45, 7) is 7.97. The highest BCUT2D eigenvalue weighted by Crippen LogP contribution is 2.43. The van der Waals surface area contributed by atoms with Crippen LogP contribution in [-0.4, -0.2) is 104 Å². The molecule has 131 heavy (non-hydrogen) atoms. The molecule has 0 bridgehead atoms. The molecule has 0 atom stereocenters. The predicted octanol–water partition coefficient (Wildman–Crippen LogP) is 21.8. The number of carbonyl (C=O) groups is 4. The van der Waals surface area contributed by atoms with Gasteiger partial charge in [-0.05, 0) is 217 Å². The van der Waals surface area contributed by atoms with Gasteiger partial charge in [-0.3, -0.25) is 34.8 Å². The van der Waals surface area contributed by atoms with Gasteiger partial charge in [0, 0.05) is 166 Å². The van der Waals surface area contributed by atoms with E-state index in [4.69, 9.17) is 0 Å². The van der Waals surface area contributed by atoms with Gasteiger partial charge in [-0.15, -0.1) is 0 Å². The van der Waals surface area contributed by atoms with Crippen molar-refractivity contribution in [2.45, 2.75) is 129 Å². The molecule has 31 heteroatoms. The van der Waals surface area contributed by atoms with Gasteiger partial charge in [-0.25, -0.2) is 24.7 Å². The van der Waals surface area contributed by atoms with Crippen molar-refractivity contribution in [2.75, 3.05) is 58.5 Å². The smallest absolute Gasteiger partial charge is 0.323 e. The van der Waals surface area contributed by atoms with E-state index in [0.29, 0.717) is 107 Å². The highest BCUT2D eigenvalue weighted by atomic mass is 16.2. The Bertz CT molecular complexity index is 6630. The lowest BCUT2D eigenvalue weighted by Gasteiger charge is -2.11. The van der Waals surface area contributed by atoms with E-state index < -0.39 is 0 Å². The fourth-order valence-electron chi connectivity index (χ4n) is 14.2. The Morgan fingerprint density at radius 3 is 1.00 bits per heavy atom. The third-order valence-corrected chi connectivity index (χ3v) is 21.4. The summed E-state index contributed by atoms with van der Waals surface area (Å²) in [6.07, 6.45) is 17.7. The molecule has 4 fully saturated rings. The van der Waals surface area contributed by atoms with E-state index in [-0.39, 0.29) is 30.9 Å². The molecule has 15 N–H and O–H groups in total. The van der Waals surface area contributed by atoms with Crippen molar-refractivity contribution in [2.24, 2.45) is 0 Å². The molecule has 660 valence electrons. The first kappa shape index (κ1) is 87.9. The number of nitrogens with zero attached hydrogens (tertiary/aromatic N) is 12. The zero-order chi connectivity index (χ0) is 89.1. The lowest BCUT2D eigenvalue weighted by Crippen LogP contribution is -2.19. The maximum atomic E-state index is 12.5. The fourth-order valence-corrected chi connectivity index (χ4v) is 14.2. The number of aromatic amines is 4. The second-order valence-corrected chi connectivity index (χ2v) is 32.7. The van der Waals surface area contributed by atoms with Crippen molar-refractivity contribution in [3.63, 3.8) is 0 Å². The molecule has 4 aliphatic carbocycles. The Morgan fingerprint density at radius 1 is 0.290 bits per heavy atom. The molecular weight excluding hydrogens is 1640 g/mol. The summed E-state index contributed by atoms with van der Waals surface area (Å²) in [5.74, 6) is 10.0. The summed E-state index contributed by atoms with van der Waals surface area (Å²) >= 11 is 0. The average molecular weight is 1750 g/mol. The maximum Gasteiger partial charge on any atom is 0.323 e. The van der Waals surface area contributed by atoms with Crippen LogP contribution in [0.25, 0.3) is 0 Å². The first-order chi connectivity index (χ1) is 63.4. The molecular formula is C100H101N27O4. The Balaban J connectivity index is 0.000000127. The van der Waals surface area contributed by atoms with Crippen molar-refractivity contribution < 1.29 is 19.2 Å². The molecule has 0 aliphatic heterocycles.